The lowest BCUT2D eigenvalue weighted by atomic mass is 9.83. The summed E-state index contributed by atoms with van der Waals surface area (Å²) in [7, 11) is 0. The van der Waals surface area contributed by atoms with Crippen LogP contribution in [0.5, 0.6) is 0 Å². The lowest BCUT2D eigenvalue weighted by Crippen LogP contribution is -2.35. The Morgan fingerprint density at radius 3 is 2.89 bits per heavy atom. The van der Waals surface area contributed by atoms with Gasteiger partial charge in [0.25, 0.3) is 0 Å². The number of anilines is 1. The zero-order valence-corrected chi connectivity index (χ0v) is 15.8. The van der Waals surface area contributed by atoms with Crippen molar-refractivity contribution in [2.75, 3.05) is 24.7 Å². The van der Waals surface area contributed by atoms with Crippen LogP contribution in [0.2, 0.25) is 5.02 Å². The fourth-order valence-electron chi connectivity index (χ4n) is 4.29. The number of allylic oxidation sites excluding steroid dienone is 1. The number of pyridine rings is 2. The summed E-state index contributed by atoms with van der Waals surface area (Å²) in [5, 5.41) is 9.56. The number of aryl methyl sites for hydroxylation is 1. The molecule has 0 saturated carbocycles. The maximum absolute atomic E-state index is 13.1. The average Bonchev–Trinajstić information content (AvgIpc) is 3.09. The first kappa shape index (κ1) is 18.9. The van der Waals surface area contributed by atoms with Crippen LogP contribution in [-0.2, 0) is 6.54 Å². The van der Waals surface area contributed by atoms with Gasteiger partial charge in [-0.3, -0.25) is 4.79 Å². The molecule has 1 aliphatic carbocycles. The fourth-order valence-corrected chi connectivity index (χ4v) is 4.67. The maximum atomic E-state index is 13.1. The van der Waals surface area contributed by atoms with Crippen LogP contribution in [0.3, 0.4) is 0 Å². The van der Waals surface area contributed by atoms with Gasteiger partial charge in [0.05, 0.1) is 17.4 Å². The van der Waals surface area contributed by atoms with E-state index < -0.39 is 23.6 Å². The second-order valence-corrected chi connectivity index (χ2v) is 7.67. The Balaban J connectivity index is 1.83. The molecule has 2 aliphatic rings. The van der Waals surface area contributed by atoms with Crippen LogP contribution in [0.25, 0.3) is 10.9 Å². The smallest absolute Gasteiger partial charge is 0.341 e. The molecule has 148 valence electrons. The number of carboxylic acids is 1. The molecule has 0 bridgehead atoms. The van der Waals surface area contributed by atoms with Gasteiger partial charge in [-0.1, -0.05) is 23.8 Å². The fraction of sp³-hybridized carbons (Fsp3) is 0.421. The van der Waals surface area contributed by atoms with Crippen LogP contribution in [0, 0.1) is 11.8 Å². The van der Waals surface area contributed by atoms with Gasteiger partial charge in [-0.2, -0.15) is 0 Å². The number of hydrogen-bond donors (Lipinski definition) is 2. The predicted molar refractivity (Wildman–Crippen MR) is 105 cm³/mol. The summed E-state index contributed by atoms with van der Waals surface area (Å²) in [6.07, 6.45) is 7.53. The number of carboxylic acid groups (broad SMARTS) is 1. The van der Waals surface area contributed by atoms with Gasteiger partial charge in [-0.15, -0.1) is 0 Å². The van der Waals surface area contributed by atoms with E-state index in [4.69, 9.17) is 17.3 Å². The number of nitrogens with two attached hydrogens (primary N) is 1. The van der Waals surface area contributed by atoms with E-state index in [1.54, 1.807) is 0 Å². The summed E-state index contributed by atoms with van der Waals surface area (Å²) < 4.78 is 14.5. The number of aromatic nitrogens is 2. The molecule has 3 N–H and O–H groups in total. The van der Waals surface area contributed by atoms with Crippen molar-refractivity contribution in [1.82, 2.24) is 9.55 Å². The quantitative estimate of drug-likeness (QED) is 0.753. The highest BCUT2D eigenvalue weighted by Crippen LogP contribution is 2.38. The minimum atomic E-state index is -1.37. The third kappa shape index (κ3) is 2.97. The normalized spacial score (nSPS) is 24.0. The first-order valence-electron chi connectivity index (χ1n) is 9.10. The van der Waals surface area contributed by atoms with Crippen molar-refractivity contribution in [3.8, 4) is 0 Å². The third-order valence-electron chi connectivity index (χ3n) is 5.68. The van der Waals surface area contributed by atoms with Gasteiger partial charge in [0.2, 0.25) is 5.43 Å². The largest absolute Gasteiger partial charge is 0.477 e. The van der Waals surface area contributed by atoms with Gasteiger partial charge in [0.15, 0.2) is 0 Å². The molecule has 1 fully saturated rings. The molecule has 2 aromatic heterocycles. The van der Waals surface area contributed by atoms with E-state index in [9.17, 15) is 19.1 Å². The van der Waals surface area contributed by atoms with Crippen LogP contribution in [0.15, 0.2) is 29.3 Å². The van der Waals surface area contributed by atoms with Gasteiger partial charge >= 0.3 is 5.97 Å². The molecular weight excluding hydrogens is 387 g/mol. The van der Waals surface area contributed by atoms with Crippen molar-refractivity contribution in [2.24, 2.45) is 17.6 Å². The molecule has 3 heterocycles. The number of carbonyl (C=O) groups is 1. The molecule has 1 saturated heterocycles. The minimum absolute atomic E-state index is 0.0224. The summed E-state index contributed by atoms with van der Waals surface area (Å²) in [6.45, 7) is 0.593. The second kappa shape index (κ2) is 7.18. The third-order valence-corrected chi connectivity index (χ3v) is 6.02. The standard InChI is InChI=1S/C19H20ClFN4O3/c20-15-16-11(17(26)13(19(27)28)9-24(16)5-4-21)6-23-18(15)25-7-10-2-1-3-14(22)12(10)8-25/h1,3,6,9-10,12,14H,2,4-5,7-8,22H2,(H,27,28)/t10-,12+,14-/m1/s1. The van der Waals surface area contributed by atoms with E-state index >= 15 is 0 Å². The number of halogens is 2. The number of hydrogen-bond acceptors (Lipinski definition) is 5. The lowest BCUT2D eigenvalue weighted by Gasteiger charge is -2.25. The highest BCUT2D eigenvalue weighted by molar-refractivity contribution is 6.37. The van der Waals surface area contributed by atoms with Crippen LogP contribution in [0.4, 0.5) is 10.2 Å². The van der Waals surface area contributed by atoms with Crippen molar-refractivity contribution in [3.05, 3.63) is 45.4 Å². The number of nitrogens with zero attached hydrogens (tertiary/aromatic N) is 3. The van der Waals surface area contributed by atoms with E-state index in [0.717, 1.165) is 19.2 Å². The first-order chi connectivity index (χ1) is 13.4. The molecule has 9 heteroatoms. The van der Waals surface area contributed by atoms with Crippen molar-refractivity contribution in [3.63, 3.8) is 0 Å². The molecule has 4 rings (SSSR count). The second-order valence-electron chi connectivity index (χ2n) is 7.29. The molecule has 3 atom stereocenters. The van der Waals surface area contributed by atoms with Gasteiger partial charge in [0.1, 0.15) is 23.1 Å². The molecule has 0 radical (unpaired) electrons. The molecule has 1 aliphatic heterocycles. The Labute approximate surface area is 165 Å². The summed E-state index contributed by atoms with van der Waals surface area (Å²) in [5.74, 6) is -0.173. The lowest BCUT2D eigenvalue weighted by molar-refractivity contribution is 0.0694. The molecule has 28 heavy (non-hydrogen) atoms. The van der Waals surface area contributed by atoms with Crippen LogP contribution in [-0.4, -0.2) is 46.4 Å². The van der Waals surface area contributed by atoms with Gasteiger partial charge in [0, 0.05) is 31.5 Å². The molecule has 0 spiro atoms. The van der Waals surface area contributed by atoms with Crippen LogP contribution in [0.1, 0.15) is 16.8 Å². The minimum Gasteiger partial charge on any atom is -0.477 e. The Bertz CT molecular complexity index is 1040. The van der Waals surface area contributed by atoms with Crippen molar-refractivity contribution < 1.29 is 14.3 Å². The van der Waals surface area contributed by atoms with Crippen molar-refractivity contribution >= 4 is 34.3 Å². The summed E-state index contributed by atoms with van der Waals surface area (Å²) in [4.78, 5) is 30.3. The van der Waals surface area contributed by atoms with Crippen molar-refractivity contribution in [2.45, 2.75) is 19.0 Å². The predicted octanol–water partition coefficient (Wildman–Crippen LogP) is 2.06. The zero-order valence-electron chi connectivity index (χ0n) is 15.0. The average molecular weight is 407 g/mol. The highest BCUT2D eigenvalue weighted by Gasteiger charge is 2.38. The SMILES string of the molecule is N[C@@H]1C=CC[C@@H]2CN(c3ncc4c(=O)c(C(=O)O)cn(CCF)c4c3Cl)C[C@@H]21. The molecule has 2 aromatic rings. The van der Waals surface area contributed by atoms with E-state index in [2.05, 4.69) is 11.1 Å². The van der Waals surface area contributed by atoms with E-state index in [1.807, 2.05) is 11.0 Å². The molecule has 0 amide bonds. The molecular formula is C19H20ClFN4O3. The van der Waals surface area contributed by atoms with Crippen molar-refractivity contribution in [1.29, 1.82) is 0 Å². The number of aromatic carboxylic acids is 1. The van der Waals surface area contributed by atoms with E-state index in [1.165, 1.54) is 10.8 Å². The van der Waals surface area contributed by atoms with Gasteiger partial charge < -0.3 is 20.3 Å². The molecule has 7 nitrogen and oxygen atoms in total. The Hall–Kier alpha value is -2.45. The van der Waals surface area contributed by atoms with E-state index in [0.29, 0.717) is 29.7 Å². The Kier molecular flexibility index (Phi) is 4.84. The number of rotatable bonds is 4. The number of alkyl halides is 1. The summed E-state index contributed by atoms with van der Waals surface area (Å²) >= 11 is 6.62. The Morgan fingerprint density at radius 2 is 2.21 bits per heavy atom. The van der Waals surface area contributed by atoms with Crippen LogP contribution >= 0.6 is 11.6 Å². The zero-order chi connectivity index (χ0) is 20.0. The Morgan fingerprint density at radius 1 is 1.43 bits per heavy atom. The molecule has 0 unspecified atom stereocenters. The first-order valence-corrected chi connectivity index (χ1v) is 9.48. The summed E-state index contributed by atoms with van der Waals surface area (Å²) in [6, 6.07) is -0.0224. The van der Waals surface area contributed by atoms with Crippen LogP contribution < -0.4 is 16.1 Å². The van der Waals surface area contributed by atoms with Gasteiger partial charge in [-0.25, -0.2) is 14.2 Å². The maximum Gasteiger partial charge on any atom is 0.341 e. The van der Waals surface area contributed by atoms with E-state index in [-0.39, 0.29) is 23.0 Å². The topological polar surface area (TPSA) is 101 Å². The number of fused-ring (bicyclic) bond motifs is 2. The monoisotopic (exact) mass is 406 g/mol. The highest BCUT2D eigenvalue weighted by atomic mass is 35.5. The molecule has 0 aromatic carbocycles. The summed E-state index contributed by atoms with van der Waals surface area (Å²) in [5.41, 5.74) is 5.40. The van der Waals surface area contributed by atoms with Gasteiger partial charge in [-0.05, 0) is 18.3 Å².